The standard InChI is InChI=1S/C38H44N2O7/c1-3-14-32(25-35(42)40(22-23-41)26-30-18-10-6-11-19-30)36(43)39-34(38(45)46-27-31-20-12-7-13-21-31)28-47-37(44)33(15-4-2)24-29-16-8-5-9-17-29/h3-13,16-21,32-34,41H,1-2,14-15,22-28H2,(H,39,43)/t32-,33+,34+/m0/s1. The number of hydrogen-bond donors (Lipinski definition) is 2. The molecule has 3 aromatic rings. The lowest BCUT2D eigenvalue weighted by atomic mass is 9.96. The summed E-state index contributed by atoms with van der Waals surface area (Å²) in [5, 5.41) is 12.3. The van der Waals surface area contributed by atoms with Crippen molar-refractivity contribution >= 4 is 23.8 Å². The maximum Gasteiger partial charge on any atom is 0.332 e. The molecule has 3 aromatic carbocycles. The zero-order valence-electron chi connectivity index (χ0n) is 26.7. The minimum absolute atomic E-state index is 0.0444. The van der Waals surface area contributed by atoms with Crippen molar-refractivity contribution in [3.8, 4) is 0 Å². The van der Waals surface area contributed by atoms with Gasteiger partial charge in [0.2, 0.25) is 11.8 Å². The van der Waals surface area contributed by atoms with Crippen molar-refractivity contribution in [1.29, 1.82) is 0 Å². The molecule has 0 saturated heterocycles. The highest BCUT2D eigenvalue weighted by Crippen LogP contribution is 2.17. The summed E-state index contributed by atoms with van der Waals surface area (Å²) in [4.78, 5) is 54.9. The van der Waals surface area contributed by atoms with Gasteiger partial charge in [0, 0.05) is 19.5 Å². The third kappa shape index (κ3) is 12.7. The minimum atomic E-state index is -1.32. The number of rotatable bonds is 20. The third-order valence-electron chi connectivity index (χ3n) is 7.51. The molecule has 3 rings (SSSR count). The highest BCUT2D eigenvalue weighted by Gasteiger charge is 2.31. The summed E-state index contributed by atoms with van der Waals surface area (Å²) in [5.41, 5.74) is 2.57. The number of benzene rings is 3. The van der Waals surface area contributed by atoms with Crippen LogP contribution in [0.4, 0.5) is 0 Å². The van der Waals surface area contributed by atoms with Crippen LogP contribution < -0.4 is 5.32 Å². The smallest absolute Gasteiger partial charge is 0.332 e. The first kappa shape index (κ1) is 36.4. The van der Waals surface area contributed by atoms with E-state index < -0.39 is 42.3 Å². The Labute approximate surface area is 276 Å². The first-order chi connectivity index (χ1) is 22.8. The molecule has 0 unspecified atom stereocenters. The van der Waals surface area contributed by atoms with E-state index in [4.69, 9.17) is 9.47 Å². The van der Waals surface area contributed by atoms with Crippen molar-refractivity contribution in [2.24, 2.45) is 11.8 Å². The predicted molar refractivity (Wildman–Crippen MR) is 179 cm³/mol. The van der Waals surface area contributed by atoms with Gasteiger partial charge in [0.1, 0.15) is 13.2 Å². The normalized spacial score (nSPS) is 12.5. The van der Waals surface area contributed by atoms with Gasteiger partial charge in [-0.2, -0.15) is 0 Å². The van der Waals surface area contributed by atoms with Gasteiger partial charge in [-0.15, -0.1) is 13.2 Å². The second kappa shape index (κ2) is 20.2. The summed E-state index contributed by atoms with van der Waals surface area (Å²) in [6.45, 7) is 7.10. The first-order valence-electron chi connectivity index (χ1n) is 15.7. The molecule has 0 bridgehead atoms. The Balaban J connectivity index is 1.73. The zero-order valence-corrected chi connectivity index (χ0v) is 26.7. The van der Waals surface area contributed by atoms with E-state index in [0.717, 1.165) is 16.7 Å². The van der Waals surface area contributed by atoms with Crippen molar-refractivity contribution in [3.05, 3.63) is 133 Å². The average Bonchev–Trinajstić information content (AvgIpc) is 3.09. The SMILES string of the molecule is C=CC[C@@H](CC(=O)N(CCO)Cc1ccccc1)C(=O)N[C@H](COC(=O)[C@H](CC=C)Cc1ccccc1)C(=O)OCc1ccccc1. The Morgan fingerprint density at radius 1 is 0.745 bits per heavy atom. The molecule has 0 aromatic heterocycles. The Morgan fingerprint density at radius 2 is 1.30 bits per heavy atom. The molecule has 0 spiro atoms. The molecule has 2 N–H and O–H groups in total. The van der Waals surface area contributed by atoms with Crippen LogP contribution in [0.25, 0.3) is 0 Å². The molecular weight excluding hydrogens is 596 g/mol. The third-order valence-corrected chi connectivity index (χ3v) is 7.51. The summed E-state index contributed by atoms with van der Waals surface area (Å²) < 4.78 is 11.1. The summed E-state index contributed by atoms with van der Waals surface area (Å²) in [5.74, 6) is -3.67. The van der Waals surface area contributed by atoms with E-state index in [1.54, 1.807) is 18.2 Å². The van der Waals surface area contributed by atoms with Gasteiger partial charge in [-0.25, -0.2) is 4.79 Å². The van der Waals surface area contributed by atoms with Crippen molar-refractivity contribution in [1.82, 2.24) is 10.2 Å². The Morgan fingerprint density at radius 3 is 1.87 bits per heavy atom. The zero-order chi connectivity index (χ0) is 33.9. The van der Waals surface area contributed by atoms with Gasteiger partial charge >= 0.3 is 11.9 Å². The van der Waals surface area contributed by atoms with Crippen LogP contribution in [-0.2, 0) is 48.2 Å². The quantitative estimate of drug-likeness (QED) is 0.134. The topological polar surface area (TPSA) is 122 Å². The van der Waals surface area contributed by atoms with E-state index >= 15 is 0 Å². The lowest BCUT2D eigenvalue weighted by Crippen LogP contribution is -2.48. The number of carbonyl (C=O) groups excluding carboxylic acids is 4. The molecule has 0 aliphatic rings. The van der Waals surface area contributed by atoms with Crippen LogP contribution in [0.5, 0.6) is 0 Å². The van der Waals surface area contributed by atoms with Crippen LogP contribution in [0.15, 0.2) is 116 Å². The maximum absolute atomic E-state index is 13.6. The fourth-order valence-corrected chi connectivity index (χ4v) is 4.97. The number of aliphatic hydroxyl groups excluding tert-OH is 1. The molecule has 47 heavy (non-hydrogen) atoms. The highest BCUT2D eigenvalue weighted by molar-refractivity contribution is 5.89. The van der Waals surface area contributed by atoms with Crippen LogP contribution in [0, 0.1) is 11.8 Å². The fourth-order valence-electron chi connectivity index (χ4n) is 4.97. The lowest BCUT2D eigenvalue weighted by Gasteiger charge is -2.25. The Bertz CT molecular complexity index is 1430. The molecule has 0 heterocycles. The number of amides is 2. The molecule has 2 amide bonds. The van der Waals surface area contributed by atoms with Crippen LogP contribution in [0.1, 0.15) is 36.0 Å². The van der Waals surface area contributed by atoms with Crippen molar-refractivity contribution in [2.45, 2.75) is 44.9 Å². The van der Waals surface area contributed by atoms with E-state index in [0.29, 0.717) is 12.8 Å². The molecule has 0 radical (unpaired) electrons. The van der Waals surface area contributed by atoms with E-state index in [1.807, 2.05) is 78.9 Å². The number of nitrogens with zero attached hydrogens (tertiary/aromatic N) is 1. The van der Waals surface area contributed by atoms with Gasteiger partial charge in [0.25, 0.3) is 0 Å². The van der Waals surface area contributed by atoms with Gasteiger partial charge in [-0.1, -0.05) is 103 Å². The van der Waals surface area contributed by atoms with Gasteiger partial charge in [-0.3, -0.25) is 14.4 Å². The maximum atomic E-state index is 13.6. The molecule has 9 heteroatoms. The lowest BCUT2D eigenvalue weighted by molar-refractivity contribution is -0.157. The molecular formula is C38H44N2O7. The average molecular weight is 641 g/mol. The fraction of sp³-hybridized carbons (Fsp3) is 0.316. The van der Waals surface area contributed by atoms with Crippen LogP contribution in [-0.4, -0.2) is 59.6 Å². The number of carbonyl (C=O) groups is 4. The number of aliphatic hydroxyl groups is 1. The predicted octanol–water partition coefficient (Wildman–Crippen LogP) is 4.80. The summed E-state index contributed by atoms with van der Waals surface area (Å²) in [6, 6.07) is 26.5. The van der Waals surface area contributed by atoms with Crippen molar-refractivity contribution < 1.29 is 33.8 Å². The minimum Gasteiger partial charge on any atom is -0.463 e. The highest BCUT2D eigenvalue weighted by atomic mass is 16.6. The molecule has 0 aliphatic heterocycles. The molecule has 0 saturated carbocycles. The van der Waals surface area contributed by atoms with Crippen LogP contribution >= 0.6 is 0 Å². The number of nitrogens with one attached hydrogen (secondary N) is 1. The first-order valence-corrected chi connectivity index (χ1v) is 15.7. The summed E-state index contributed by atoms with van der Waals surface area (Å²) >= 11 is 0. The van der Waals surface area contributed by atoms with E-state index in [1.165, 1.54) is 11.0 Å². The number of hydrogen-bond acceptors (Lipinski definition) is 7. The monoisotopic (exact) mass is 640 g/mol. The molecule has 248 valence electrons. The van der Waals surface area contributed by atoms with Crippen molar-refractivity contribution in [3.63, 3.8) is 0 Å². The van der Waals surface area contributed by atoms with Gasteiger partial charge in [-0.05, 0) is 36.0 Å². The Kier molecular flexibility index (Phi) is 15.6. The van der Waals surface area contributed by atoms with E-state index in [9.17, 15) is 24.3 Å². The van der Waals surface area contributed by atoms with Crippen LogP contribution in [0.2, 0.25) is 0 Å². The number of esters is 2. The van der Waals surface area contributed by atoms with Crippen LogP contribution in [0.3, 0.4) is 0 Å². The number of ether oxygens (including phenoxy) is 2. The molecule has 9 nitrogen and oxygen atoms in total. The number of allylic oxidation sites excluding steroid dienone is 2. The van der Waals surface area contributed by atoms with Gasteiger partial charge in [0.05, 0.1) is 18.4 Å². The second-order valence-corrected chi connectivity index (χ2v) is 11.1. The molecule has 0 aliphatic carbocycles. The molecule has 3 atom stereocenters. The van der Waals surface area contributed by atoms with Gasteiger partial charge in [0.15, 0.2) is 6.04 Å². The summed E-state index contributed by atoms with van der Waals surface area (Å²) in [7, 11) is 0. The summed E-state index contributed by atoms with van der Waals surface area (Å²) in [6.07, 6.45) is 3.90. The van der Waals surface area contributed by atoms with E-state index in [2.05, 4.69) is 18.5 Å². The van der Waals surface area contributed by atoms with Gasteiger partial charge < -0.3 is 24.8 Å². The van der Waals surface area contributed by atoms with Crippen molar-refractivity contribution in [2.75, 3.05) is 19.8 Å². The molecule has 0 fully saturated rings. The second-order valence-electron chi connectivity index (χ2n) is 11.1. The van der Waals surface area contributed by atoms with E-state index in [-0.39, 0.29) is 45.1 Å². The largest absolute Gasteiger partial charge is 0.463 e. The Hall–Kier alpha value is -5.02.